The smallest absolute Gasteiger partial charge is 0.338 e. The molecule has 154 valence electrons. The summed E-state index contributed by atoms with van der Waals surface area (Å²) < 4.78 is 9.20. The van der Waals surface area contributed by atoms with Crippen LogP contribution in [0.5, 0.6) is 0 Å². The van der Waals surface area contributed by atoms with E-state index in [-0.39, 0.29) is 12.2 Å². The molecule has 30 heavy (non-hydrogen) atoms. The highest BCUT2D eigenvalue weighted by molar-refractivity contribution is 7.07. The van der Waals surface area contributed by atoms with E-state index in [1.165, 1.54) is 11.3 Å². The third kappa shape index (κ3) is 3.54. The Labute approximate surface area is 177 Å². The van der Waals surface area contributed by atoms with Crippen molar-refractivity contribution in [3.8, 4) is 0 Å². The van der Waals surface area contributed by atoms with E-state index < -0.39 is 12.0 Å². The highest BCUT2D eigenvalue weighted by atomic mass is 32.1. The number of carbonyl (C=O) groups is 1. The quantitative estimate of drug-likeness (QED) is 0.590. The van der Waals surface area contributed by atoms with Crippen LogP contribution in [0.4, 0.5) is 0 Å². The largest absolute Gasteiger partial charge is 0.463 e. The molecule has 1 aliphatic heterocycles. The SMILES string of the molecule is CCOC(=O)C1=C(C)N=c2sc(=Cc3ccn(CC)n3)c(=O)n2C1c1ccccc1. The second kappa shape index (κ2) is 8.23. The molecule has 1 aromatic carbocycles. The zero-order chi connectivity index (χ0) is 21.3. The summed E-state index contributed by atoms with van der Waals surface area (Å²) in [6, 6.07) is 10.8. The van der Waals surface area contributed by atoms with Gasteiger partial charge in [0, 0.05) is 12.7 Å². The first kappa shape index (κ1) is 20.0. The van der Waals surface area contributed by atoms with E-state index in [0.717, 1.165) is 12.1 Å². The number of allylic oxidation sites excluding steroid dienone is 1. The van der Waals surface area contributed by atoms with Gasteiger partial charge in [-0.1, -0.05) is 41.7 Å². The maximum atomic E-state index is 13.4. The minimum Gasteiger partial charge on any atom is -0.463 e. The van der Waals surface area contributed by atoms with Crippen LogP contribution in [0, 0.1) is 0 Å². The van der Waals surface area contributed by atoms with Gasteiger partial charge in [-0.15, -0.1) is 0 Å². The number of esters is 1. The summed E-state index contributed by atoms with van der Waals surface area (Å²) in [5.41, 5.74) is 2.29. The van der Waals surface area contributed by atoms with Crippen molar-refractivity contribution in [2.24, 2.45) is 4.99 Å². The molecule has 1 unspecified atom stereocenters. The first-order chi connectivity index (χ1) is 14.5. The van der Waals surface area contributed by atoms with Crippen molar-refractivity contribution in [2.75, 3.05) is 6.61 Å². The fourth-order valence-corrected chi connectivity index (χ4v) is 4.54. The Morgan fingerprint density at radius 2 is 2.00 bits per heavy atom. The van der Waals surface area contributed by atoms with Crippen LogP contribution in [-0.2, 0) is 16.1 Å². The molecule has 0 N–H and O–H groups in total. The van der Waals surface area contributed by atoms with Crippen molar-refractivity contribution in [3.05, 3.63) is 84.8 Å². The number of fused-ring (bicyclic) bond motifs is 1. The molecule has 1 aliphatic rings. The monoisotopic (exact) mass is 422 g/mol. The van der Waals surface area contributed by atoms with Crippen LogP contribution in [0.25, 0.3) is 6.08 Å². The van der Waals surface area contributed by atoms with Crippen molar-refractivity contribution >= 4 is 23.4 Å². The van der Waals surface area contributed by atoms with Crippen molar-refractivity contribution < 1.29 is 9.53 Å². The molecular formula is C22H22N4O3S. The van der Waals surface area contributed by atoms with Gasteiger partial charge in [0.2, 0.25) is 0 Å². The van der Waals surface area contributed by atoms with Gasteiger partial charge in [-0.25, -0.2) is 9.79 Å². The lowest BCUT2D eigenvalue weighted by Crippen LogP contribution is -2.39. The lowest BCUT2D eigenvalue weighted by atomic mass is 9.96. The molecule has 8 heteroatoms. The lowest BCUT2D eigenvalue weighted by molar-refractivity contribution is -0.139. The maximum absolute atomic E-state index is 13.4. The highest BCUT2D eigenvalue weighted by Crippen LogP contribution is 2.30. The summed E-state index contributed by atoms with van der Waals surface area (Å²) in [7, 11) is 0. The van der Waals surface area contributed by atoms with Crippen LogP contribution in [0.1, 0.15) is 38.1 Å². The highest BCUT2D eigenvalue weighted by Gasteiger charge is 2.33. The number of hydrogen-bond donors (Lipinski definition) is 0. The number of aryl methyl sites for hydroxylation is 1. The summed E-state index contributed by atoms with van der Waals surface area (Å²) >= 11 is 1.30. The van der Waals surface area contributed by atoms with E-state index in [2.05, 4.69) is 10.1 Å². The van der Waals surface area contributed by atoms with E-state index in [9.17, 15) is 9.59 Å². The molecule has 2 aromatic heterocycles. The molecule has 3 heterocycles. The van der Waals surface area contributed by atoms with Gasteiger partial charge in [-0.2, -0.15) is 5.10 Å². The average Bonchev–Trinajstić information content (AvgIpc) is 3.32. The molecule has 0 bridgehead atoms. The maximum Gasteiger partial charge on any atom is 0.338 e. The van der Waals surface area contributed by atoms with Crippen LogP contribution >= 0.6 is 11.3 Å². The first-order valence-electron chi connectivity index (χ1n) is 9.81. The third-order valence-corrected chi connectivity index (χ3v) is 5.88. The van der Waals surface area contributed by atoms with Crippen molar-refractivity contribution in [1.82, 2.24) is 14.3 Å². The molecule has 0 radical (unpaired) electrons. The zero-order valence-corrected chi connectivity index (χ0v) is 17.8. The summed E-state index contributed by atoms with van der Waals surface area (Å²) in [5.74, 6) is -0.455. The first-order valence-corrected chi connectivity index (χ1v) is 10.6. The molecule has 0 saturated carbocycles. The molecule has 0 saturated heterocycles. The normalized spacial score (nSPS) is 16.4. The second-order valence-corrected chi connectivity index (χ2v) is 7.82. The van der Waals surface area contributed by atoms with Crippen LogP contribution in [0.2, 0.25) is 0 Å². The van der Waals surface area contributed by atoms with Crippen LogP contribution in [0.15, 0.2) is 63.7 Å². The topological polar surface area (TPSA) is 78.5 Å². The van der Waals surface area contributed by atoms with Gasteiger partial charge in [-0.3, -0.25) is 14.0 Å². The van der Waals surface area contributed by atoms with Crippen molar-refractivity contribution in [1.29, 1.82) is 0 Å². The lowest BCUT2D eigenvalue weighted by Gasteiger charge is -2.24. The Hall–Kier alpha value is -3.26. The molecule has 4 rings (SSSR count). The van der Waals surface area contributed by atoms with E-state index in [1.54, 1.807) is 29.2 Å². The van der Waals surface area contributed by atoms with Gasteiger partial charge in [0.1, 0.15) is 0 Å². The Morgan fingerprint density at radius 1 is 1.23 bits per heavy atom. The number of hydrogen-bond acceptors (Lipinski definition) is 6. The molecular weight excluding hydrogens is 400 g/mol. The van der Waals surface area contributed by atoms with E-state index in [4.69, 9.17) is 4.74 Å². The fraction of sp³-hybridized carbons (Fsp3) is 0.273. The number of thiazole rings is 1. The Bertz CT molecular complexity index is 1300. The van der Waals surface area contributed by atoms with Gasteiger partial charge in [0.05, 0.1) is 34.1 Å². The molecule has 3 aromatic rings. The van der Waals surface area contributed by atoms with Gasteiger partial charge < -0.3 is 4.74 Å². The van der Waals surface area contributed by atoms with Gasteiger partial charge in [-0.05, 0) is 38.5 Å². The number of benzene rings is 1. The molecule has 7 nitrogen and oxygen atoms in total. The minimum atomic E-state index is -0.586. The number of ether oxygens (including phenoxy) is 1. The summed E-state index contributed by atoms with van der Waals surface area (Å²) in [4.78, 5) is 31.3. The predicted octanol–water partition coefficient (Wildman–Crippen LogP) is 2.01. The molecule has 0 fully saturated rings. The van der Waals surface area contributed by atoms with E-state index in [1.807, 2.05) is 49.5 Å². The Morgan fingerprint density at radius 3 is 2.67 bits per heavy atom. The minimum absolute atomic E-state index is 0.201. The predicted molar refractivity (Wildman–Crippen MR) is 115 cm³/mol. The molecule has 0 spiro atoms. The molecule has 0 amide bonds. The number of rotatable bonds is 5. The van der Waals surface area contributed by atoms with Crippen molar-refractivity contribution in [2.45, 2.75) is 33.4 Å². The molecule has 0 aliphatic carbocycles. The van der Waals surface area contributed by atoms with Gasteiger partial charge >= 0.3 is 5.97 Å². The summed E-state index contributed by atoms with van der Waals surface area (Å²) in [6.45, 7) is 6.55. The second-order valence-electron chi connectivity index (χ2n) is 6.81. The number of nitrogens with zero attached hydrogens (tertiary/aromatic N) is 4. The Kier molecular flexibility index (Phi) is 5.50. The summed E-state index contributed by atoms with van der Waals surface area (Å²) in [6.07, 6.45) is 3.64. The van der Waals surface area contributed by atoms with Crippen LogP contribution < -0.4 is 14.9 Å². The van der Waals surface area contributed by atoms with Crippen molar-refractivity contribution in [3.63, 3.8) is 0 Å². The standard InChI is InChI=1S/C22H22N4O3S/c1-4-25-12-11-16(24-25)13-17-20(27)26-19(15-9-7-6-8-10-15)18(21(28)29-5-2)14(3)23-22(26)30-17/h6-13,19H,4-5H2,1-3H3. The number of carbonyl (C=O) groups excluding carboxylic acids is 1. The average molecular weight is 423 g/mol. The van der Waals surface area contributed by atoms with Gasteiger partial charge in [0.25, 0.3) is 5.56 Å². The van der Waals surface area contributed by atoms with Crippen LogP contribution in [0.3, 0.4) is 0 Å². The third-order valence-electron chi connectivity index (χ3n) is 4.90. The van der Waals surface area contributed by atoms with Crippen LogP contribution in [-0.4, -0.2) is 26.9 Å². The van der Waals surface area contributed by atoms with E-state index in [0.29, 0.717) is 26.3 Å². The molecule has 1 atom stereocenters. The van der Waals surface area contributed by atoms with Gasteiger partial charge in [0.15, 0.2) is 4.80 Å². The Balaban J connectivity index is 1.93. The fourth-order valence-electron chi connectivity index (χ4n) is 3.51. The zero-order valence-electron chi connectivity index (χ0n) is 17.0. The van der Waals surface area contributed by atoms with E-state index >= 15 is 0 Å². The number of aromatic nitrogens is 3. The summed E-state index contributed by atoms with van der Waals surface area (Å²) in [5, 5.41) is 4.44.